The van der Waals surface area contributed by atoms with Crippen molar-refractivity contribution in [2.45, 2.75) is 52.4 Å². The Labute approximate surface area is 283 Å². The lowest BCUT2D eigenvalue weighted by molar-refractivity contribution is 0.795. The lowest BCUT2D eigenvalue weighted by atomic mass is 9.99. The van der Waals surface area contributed by atoms with Crippen LogP contribution in [0.15, 0.2) is 134 Å². The normalized spacial score (nSPS) is 11.7. The second-order valence-corrected chi connectivity index (χ2v) is 13.1. The highest BCUT2D eigenvalue weighted by Gasteiger charge is 2.20. The number of nitrogens with zero attached hydrogens (tertiary/aromatic N) is 2. The summed E-state index contributed by atoms with van der Waals surface area (Å²) in [5.74, 6) is 0. The van der Waals surface area contributed by atoms with Crippen molar-refractivity contribution in [3.05, 3.63) is 145 Å². The third kappa shape index (κ3) is 5.13. The van der Waals surface area contributed by atoms with Crippen LogP contribution in [-0.2, 0) is 12.8 Å². The number of benzene rings is 6. The second-order valence-electron chi connectivity index (χ2n) is 13.1. The molecule has 0 radical (unpaired) electrons. The number of hydrogen-bond acceptors (Lipinski definition) is 0. The van der Waals surface area contributed by atoms with Gasteiger partial charge in [0.2, 0.25) is 0 Å². The van der Waals surface area contributed by atoms with Crippen molar-refractivity contribution in [2.75, 3.05) is 0 Å². The lowest BCUT2D eigenvalue weighted by Crippen LogP contribution is -1.93. The molecule has 8 rings (SSSR count). The minimum atomic E-state index is 1.14. The van der Waals surface area contributed by atoms with E-state index >= 15 is 0 Å². The van der Waals surface area contributed by atoms with Gasteiger partial charge in [0.25, 0.3) is 0 Å². The monoisotopic (exact) mass is 622 g/mol. The minimum absolute atomic E-state index is 1.14. The van der Waals surface area contributed by atoms with E-state index in [4.69, 9.17) is 0 Å². The number of fused-ring (bicyclic) bond motifs is 7. The van der Waals surface area contributed by atoms with E-state index in [0.29, 0.717) is 0 Å². The molecule has 2 nitrogen and oxygen atoms in total. The maximum Gasteiger partial charge on any atom is 0.0635 e. The molecule has 0 N–H and O–H groups in total. The Balaban J connectivity index is 1.34. The zero-order chi connectivity index (χ0) is 32.6. The molecular weight excluding hydrogens is 581 g/mol. The van der Waals surface area contributed by atoms with Crippen LogP contribution in [-0.4, -0.2) is 9.13 Å². The van der Waals surface area contributed by atoms with Crippen molar-refractivity contribution < 1.29 is 0 Å². The summed E-state index contributed by atoms with van der Waals surface area (Å²) in [6, 6.07) is 47.6. The first-order valence-electron chi connectivity index (χ1n) is 17.6. The van der Waals surface area contributed by atoms with Gasteiger partial charge >= 0.3 is 0 Å². The summed E-state index contributed by atoms with van der Waals surface area (Å²) in [5, 5.41) is 5.00. The summed E-state index contributed by atoms with van der Waals surface area (Å²) in [5.41, 5.74) is 13.7. The summed E-state index contributed by atoms with van der Waals surface area (Å²) in [4.78, 5) is 0. The molecule has 0 atom stereocenters. The van der Waals surface area contributed by atoms with E-state index in [-0.39, 0.29) is 0 Å². The Bertz CT molecular complexity index is 2400. The molecule has 2 heteroatoms. The molecule has 0 amide bonds. The fraction of sp³-hybridized carbons (Fsp3) is 0.174. The predicted molar refractivity (Wildman–Crippen MR) is 208 cm³/mol. The molecule has 8 aromatic rings. The molecule has 236 valence electrons. The van der Waals surface area contributed by atoms with Crippen molar-refractivity contribution in [2.24, 2.45) is 0 Å². The van der Waals surface area contributed by atoms with Crippen LogP contribution in [0.5, 0.6) is 0 Å². The molecule has 0 saturated carbocycles. The average molecular weight is 623 g/mol. The van der Waals surface area contributed by atoms with Crippen LogP contribution in [0.2, 0.25) is 0 Å². The van der Waals surface area contributed by atoms with Crippen LogP contribution in [0.1, 0.15) is 50.7 Å². The van der Waals surface area contributed by atoms with E-state index in [2.05, 4.69) is 157 Å². The highest BCUT2D eigenvalue weighted by atomic mass is 15.0. The van der Waals surface area contributed by atoms with Gasteiger partial charge in [0, 0.05) is 33.4 Å². The van der Waals surface area contributed by atoms with Crippen molar-refractivity contribution in [3.63, 3.8) is 0 Å². The molecule has 0 bridgehead atoms. The van der Waals surface area contributed by atoms with E-state index in [1.807, 2.05) is 6.20 Å². The van der Waals surface area contributed by atoms with Crippen LogP contribution >= 0.6 is 0 Å². The Hall–Kier alpha value is -5.34. The summed E-state index contributed by atoms with van der Waals surface area (Å²) in [6.07, 6.45) is 9.15. The molecule has 0 aliphatic heterocycles. The molecule has 6 aromatic carbocycles. The number of unbranched alkanes of at least 4 members (excludes halogenated alkanes) is 2. The molecule has 0 aliphatic rings. The first-order chi connectivity index (χ1) is 23.7. The van der Waals surface area contributed by atoms with Crippen molar-refractivity contribution >= 4 is 49.8 Å². The van der Waals surface area contributed by atoms with Crippen LogP contribution < -0.4 is 0 Å². The van der Waals surface area contributed by atoms with Gasteiger partial charge in [0.1, 0.15) is 0 Å². The van der Waals surface area contributed by atoms with E-state index in [0.717, 1.165) is 18.5 Å². The van der Waals surface area contributed by atoms with Crippen LogP contribution in [0.3, 0.4) is 0 Å². The standard InChI is InChI=1S/C46H42N2/c1-4-7-12-32-16-20-34(21-17-32)36-25-28-42-41(30-36)39-27-29-43-45(46(39)47(42)6-3)40-26-24-37(35-22-18-33(19-23-35)13-8-5-2)31-44(40)48(43)38-14-10-9-11-15-38/h6,9-11,14-31H,3-5,7-8,12-13H2,1-2H3. The van der Waals surface area contributed by atoms with Gasteiger partial charge in [0.05, 0.1) is 22.1 Å². The van der Waals surface area contributed by atoms with Gasteiger partial charge < -0.3 is 9.13 Å². The minimum Gasteiger partial charge on any atom is -0.316 e. The van der Waals surface area contributed by atoms with Gasteiger partial charge in [-0.3, -0.25) is 0 Å². The molecule has 0 aliphatic carbocycles. The van der Waals surface area contributed by atoms with Crippen LogP contribution in [0.4, 0.5) is 0 Å². The van der Waals surface area contributed by atoms with Gasteiger partial charge in [-0.05, 0) is 95.5 Å². The Morgan fingerprint density at radius 1 is 0.521 bits per heavy atom. The highest BCUT2D eigenvalue weighted by Crippen LogP contribution is 2.42. The average Bonchev–Trinajstić information content (AvgIpc) is 3.65. The zero-order valence-electron chi connectivity index (χ0n) is 28.0. The summed E-state index contributed by atoms with van der Waals surface area (Å²) >= 11 is 0. The first kappa shape index (κ1) is 30.0. The number of para-hydroxylation sites is 1. The predicted octanol–water partition coefficient (Wildman–Crippen LogP) is 13.0. The third-order valence-corrected chi connectivity index (χ3v) is 10.1. The largest absolute Gasteiger partial charge is 0.316 e. The van der Waals surface area contributed by atoms with Gasteiger partial charge in [0.15, 0.2) is 0 Å². The maximum absolute atomic E-state index is 4.31. The fourth-order valence-electron chi connectivity index (χ4n) is 7.53. The number of aromatic nitrogens is 2. The maximum atomic E-state index is 4.31. The van der Waals surface area contributed by atoms with E-state index in [1.54, 1.807) is 0 Å². The molecule has 2 aromatic heterocycles. The second kappa shape index (κ2) is 12.7. The molecular formula is C46H42N2. The van der Waals surface area contributed by atoms with Crippen molar-refractivity contribution in [1.82, 2.24) is 9.13 Å². The Kier molecular flexibility index (Phi) is 7.94. The van der Waals surface area contributed by atoms with Gasteiger partial charge in [-0.25, -0.2) is 0 Å². The van der Waals surface area contributed by atoms with E-state index in [1.165, 1.54) is 103 Å². The first-order valence-corrected chi connectivity index (χ1v) is 17.6. The van der Waals surface area contributed by atoms with Gasteiger partial charge in [-0.15, -0.1) is 0 Å². The molecule has 0 spiro atoms. The lowest BCUT2D eigenvalue weighted by Gasteiger charge is -2.09. The number of aryl methyl sites for hydroxylation is 2. The SMILES string of the molecule is C=Cn1c2ccc(-c3ccc(CCCC)cc3)cc2c2ccc3c(c4ccc(-c5ccc(CCCC)cc5)cc4n3-c3ccccc3)c21. The highest BCUT2D eigenvalue weighted by molar-refractivity contribution is 6.26. The summed E-state index contributed by atoms with van der Waals surface area (Å²) in [7, 11) is 0. The molecule has 0 fully saturated rings. The molecule has 2 heterocycles. The van der Waals surface area contributed by atoms with E-state index < -0.39 is 0 Å². The van der Waals surface area contributed by atoms with Gasteiger partial charge in [-0.2, -0.15) is 0 Å². The molecule has 48 heavy (non-hydrogen) atoms. The van der Waals surface area contributed by atoms with Crippen LogP contribution in [0, 0.1) is 0 Å². The number of hydrogen-bond donors (Lipinski definition) is 0. The van der Waals surface area contributed by atoms with Gasteiger partial charge in [-0.1, -0.05) is 124 Å². The topological polar surface area (TPSA) is 9.86 Å². The zero-order valence-corrected chi connectivity index (χ0v) is 28.0. The molecule has 0 saturated heterocycles. The Morgan fingerprint density at radius 2 is 1.08 bits per heavy atom. The quantitative estimate of drug-likeness (QED) is 0.144. The molecule has 0 unspecified atom stereocenters. The Morgan fingerprint density at radius 3 is 1.71 bits per heavy atom. The van der Waals surface area contributed by atoms with E-state index in [9.17, 15) is 0 Å². The fourth-order valence-corrected chi connectivity index (χ4v) is 7.53. The number of rotatable bonds is 10. The van der Waals surface area contributed by atoms with Crippen molar-refractivity contribution in [1.29, 1.82) is 0 Å². The van der Waals surface area contributed by atoms with Crippen molar-refractivity contribution in [3.8, 4) is 27.9 Å². The van der Waals surface area contributed by atoms with Crippen LogP contribution in [0.25, 0.3) is 77.8 Å². The summed E-state index contributed by atoms with van der Waals surface area (Å²) < 4.78 is 4.72. The third-order valence-electron chi connectivity index (χ3n) is 10.1. The summed E-state index contributed by atoms with van der Waals surface area (Å²) in [6.45, 7) is 8.81. The smallest absolute Gasteiger partial charge is 0.0635 e.